The molecule has 35 heavy (non-hydrogen) atoms. The van der Waals surface area contributed by atoms with E-state index in [1.807, 2.05) is 13.0 Å². The van der Waals surface area contributed by atoms with Gasteiger partial charge in [-0.25, -0.2) is 8.78 Å². The smallest absolute Gasteiger partial charge is 0.259 e. The van der Waals surface area contributed by atoms with Crippen molar-refractivity contribution in [2.75, 3.05) is 18.5 Å². The lowest BCUT2D eigenvalue weighted by molar-refractivity contribution is 0.0523. The van der Waals surface area contributed by atoms with E-state index in [1.165, 1.54) is 30.3 Å². The molecule has 0 bridgehead atoms. The number of aliphatic hydroxyl groups excluding tert-OH is 2. The third-order valence-corrected chi connectivity index (χ3v) is 5.82. The van der Waals surface area contributed by atoms with Crippen molar-refractivity contribution in [3.05, 3.63) is 82.4 Å². The van der Waals surface area contributed by atoms with Gasteiger partial charge in [-0.1, -0.05) is 0 Å². The van der Waals surface area contributed by atoms with E-state index in [0.29, 0.717) is 23.0 Å². The number of rotatable bonds is 9. The Balaban J connectivity index is 1.62. The maximum Gasteiger partial charge on any atom is 0.259 e. The van der Waals surface area contributed by atoms with Gasteiger partial charge in [-0.3, -0.25) is 4.79 Å². The SMILES string of the molecule is Cc1cc(F)ccc1Oc1cc(C2CC2)c(C)cc1C(=O)Nc1ccc(F)c(OCC(O)CO)c1. The third kappa shape index (κ3) is 5.96. The Kier molecular flexibility index (Phi) is 7.33. The fraction of sp³-hybridized carbons (Fsp3) is 0.296. The Hall–Kier alpha value is -3.49. The van der Waals surface area contributed by atoms with Crippen LogP contribution in [-0.2, 0) is 0 Å². The first-order chi connectivity index (χ1) is 16.7. The summed E-state index contributed by atoms with van der Waals surface area (Å²) in [6, 6.07) is 11.6. The van der Waals surface area contributed by atoms with Gasteiger partial charge in [0.25, 0.3) is 5.91 Å². The summed E-state index contributed by atoms with van der Waals surface area (Å²) < 4.78 is 39.0. The number of ether oxygens (including phenoxy) is 2. The highest BCUT2D eigenvalue weighted by atomic mass is 19.1. The van der Waals surface area contributed by atoms with Crippen molar-refractivity contribution in [1.82, 2.24) is 0 Å². The van der Waals surface area contributed by atoms with E-state index >= 15 is 0 Å². The van der Waals surface area contributed by atoms with Crippen LogP contribution < -0.4 is 14.8 Å². The van der Waals surface area contributed by atoms with E-state index in [0.717, 1.165) is 30.0 Å². The minimum Gasteiger partial charge on any atom is -0.488 e. The molecular weight excluding hydrogens is 456 g/mol. The van der Waals surface area contributed by atoms with Crippen LogP contribution in [0.5, 0.6) is 17.2 Å². The second-order valence-corrected chi connectivity index (χ2v) is 8.74. The summed E-state index contributed by atoms with van der Waals surface area (Å²) in [5.74, 6) is -0.493. The number of benzene rings is 3. The van der Waals surface area contributed by atoms with Gasteiger partial charge < -0.3 is 25.0 Å². The van der Waals surface area contributed by atoms with Gasteiger partial charge in [-0.2, -0.15) is 0 Å². The number of hydrogen-bond acceptors (Lipinski definition) is 5. The highest BCUT2D eigenvalue weighted by molar-refractivity contribution is 6.06. The Bertz CT molecular complexity index is 1240. The molecule has 0 heterocycles. The van der Waals surface area contributed by atoms with E-state index in [4.69, 9.17) is 14.6 Å². The molecule has 3 N–H and O–H groups in total. The molecule has 1 unspecified atom stereocenters. The van der Waals surface area contributed by atoms with Crippen LogP contribution in [0, 0.1) is 25.5 Å². The quantitative estimate of drug-likeness (QED) is 0.388. The Morgan fingerprint density at radius 1 is 1.03 bits per heavy atom. The number of nitrogens with one attached hydrogen (secondary N) is 1. The van der Waals surface area contributed by atoms with E-state index in [2.05, 4.69) is 5.32 Å². The number of aliphatic hydroxyl groups is 2. The van der Waals surface area contributed by atoms with E-state index in [9.17, 15) is 18.7 Å². The number of halogens is 2. The second-order valence-electron chi connectivity index (χ2n) is 8.74. The largest absolute Gasteiger partial charge is 0.488 e. The van der Waals surface area contributed by atoms with Crippen molar-refractivity contribution in [3.63, 3.8) is 0 Å². The van der Waals surface area contributed by atoms with Crippen molar-refractivity contribution in [2.45, 2.75) is 38.7 Å². The highest BCUT2D eigenvalue weighted by Gasteiger charge is 2.28. The van der Waals surface area contributed by atoms with Crippen LogP contribution in [0.3, 0.4) is 0 Å². The monoisotopic (exact) mass is 483 g/mol. The topological polar surface area (TPSA) is 88.0 Å². The molecule has 0 radical (unpaired) electrons. The predicted octanol–water partition coefficient (Wildman–Crippen LogP) is 5.24. The Morgan fingerprint density at radius 2 is 1.80 bits per heavy atom. The van der Waals surface area contributed by atoms with Crippen LogP contribution >= 0.6 is 0 Å². The fourth-order valence-electron chi connectivity index (χ4n) is 3.77. The van der Waals surface area contributed by atoms with Gasteiger partial charge >= 0.3 is 0 Å². The van der Waals surface area contributed by atoms with Gasteiger partial charge in [0.05, 0.1) is 12.2 Å². The van der Waals surface area contributed by atoms with Gasteiger partial charge in [-0.05, 0) is 91.8 Å². The second kappa shape index (κ2) is 10.4. The maximum atomic E-state index is 14.1. The molecule has 0 saturated heterocycles. The first-order valence-corrected chi connectivity index (χ1v) is 11.4. The van der Waals surface area contributed by atoms with Crippen LogP contribution in [0.15, 0.2) is 48.5 Å². The average Bonchev–Trinajstić information content (AvgIpc) is 3.67. The summed E-state index contributed by atoms with van der Waals surface area (Å²) in [6.45, 7) is 2.84. The molecule has 0 spiro atoms. The summed E-state index contributed by atoms with van der Waals surface area (Å²) in [5, 5.41) is 21.1. The van der Waals surface area contributed by atoms with Gasteiger partial charge in [-0.15, -0.1) is 0 Å². The molecule has 1 amide bonds. The maximum absolute atomic E-state index is 14.1. The van der Waals surface area contributed by atoms with E-state index in [1.54, 1.807) is 13.0 Å². The first kappa shape index (κ1) is 24.6. The van der Waals surface area contributed by atoms with Crippen LogP contribution in [0.25, 0.3) is 0 Å². The van der Waals surface area contributed by atoms with Crippen LogP contribution in [0.2, 0.25) is 0 Å². The standard InChI is InChI=1S/C27H27F2NO5/c1-15-10-22(27(33)30-19-6-7-23(29)26(11-19)34-14-20(32)13-31)25(12-21(15)17-3-4-17)35-24-8-5-18(28)9-16(24)2/h5-12,17,20,31-32H,3-4,13-14H2,1-2H3,(H,30,33). The molecule has 0 aliphatic heterocycles. The number of aryl methyl sites for hydroxylation is 2. The van der Waals surface area contributed by atoms with Crippen molar-refractivity contribution < 1.29 is 33.3 Å². The number of anilines is 1. The Morgan fingerprint density at radius 3 is 2.49 bits per heavy atom. The molecular formula is C27H27F2NO5. The van der Waals surface area contributed by atoms with E-state index < -0.39 is 24.4 Å². The molecule has 1 fully saturated rings. The zero-order valence-electron chi connectivity index (χ0n) is 19.5. The molecule has 3 aromatic carbocycles. The Labute approximate surface area is 202 Å². The minimum absolute atomic E-state index is 0.172. The molecule has 1 atom stereocenters. The summed E-state index contributed by atoms with van der Waals surface area (Å²) in [6.07, 6.45) is 0.991. The lowest BCUT2D eigenvalue weighted by Crippen LogP contribution is -2.21. The van der Waals surface area contributed by atoms with Crippen LogP contribution in [0.1, 0.15) is 45.8 Å². The molecule has 1 aliphatic rings. The zero-order valence-corrected chi connectivity index (χ0v) is 19.5. The van der Waals surface area contributed by atoms with Crippen molar-refractivity contribution in [3.8, 4) is 17.2 Å². The highest BCUT2D eigenvalue weighted by Crippen LogP contribution is 2.44. The molecule has 4 rings (SSSR count). The molecule has 0 aromatic heterocycles. The summed E-state index contributed by atoms with van der Waals surface area (Å²) in [7, 11) is 0. The number of carbonyl (C=O) groups excluding carboxylic acids is 1. The third-order valence-electron chi connectivity index (χ3n) is 5.82. The van der Waals surface area contributed by atoms with Gasteiger partial charge in [0.15, 0.2) is 11.6 Å². The predicted molar refractivity (Wildman–Crippen MR) is 127 cm³/mol. The number of hydrogen-bond donors (Lipinski definition) is 3. The van der Waals surface area contributed by atoms with Crippen molar-refractivity contribution in [2.24, 2.45) is 0 Å². The van der Waals surface area contributed by atoms with E-state index in [-0.39, 0.29) is 29.4 Å². The molecule has 184 valence electrons. The molecule has 1 aliphatic carbocycles. The molecule has 1 saturated carbocycles. The lowest BCUT2D eigenvalue weighted by Gasteiger charge is -2.17. The lowest BCUT2D eigenvalue weighted by atomic mass is 9.99. The van der Waals surface area contributed by atoms with Gasteiger partial charge in [0.2, 0.25) is 0 Å². The zero-order chi connectivity index (χ0) is 25.1. The normalized spacial score (nSPS) is 13.9. The summed E-state index contributed by atoms with van der Waals surface area (Å²) >= 11 is 0. The van der Waals surface area contributed by atoms with Gasteiger partial charge in [0.1, 0.15) is 30.0 Å². The van der Waals surface area contributed by atoms with Gasteiger partial charge in [0, 0.05) is 11.8 Å². The molecule has 3 aromatic rings. The number of amides is 1. The fourth-order valence-corrected chi connectivity index (χ4v) is 3.77. The summed E-state index contributed by atoms with van der Waals surface area (Å²) in [4.78, 5) is 13.3. The average molecular weight is 484 g/mol. The minimum atomic E-state index is -1.16. The van der Waals surface area contributed by atoms with Crippen molar-refractivity contribution >= 4 is 11.6 Å². The van der Waals surface area contributed by atoms with Crippen LogP contribution in [-0.4, -0.2) is 35.4 Å². The molecule has 8 heteroatoms. The summed E-state index contributed by atoms with van der Waals surface area (Å²) in [5.41, 5.74) is 3.21. The first-order valence-electron chi connectivity index (χ1n) is 11.4. The van der Waals surface area contributed by atoms with Crippen molar-refractivity contribution in [1.29, 1.82) is 0 Å². The molecule has 6 nitrogen and oxygen atoms in total. The number of carbonyl (C=O) groups is 1. The van der Waals surface area contributed by atoms with Crippen LogP contribution in [0.4, 0.5) is 14.5 Å².